The molecular formula is C24H25N3O7. The van der Waals surface area contributed by atoms with Crippen LogP contribution in [-0.4, -0.2) is 46.7 Å². The van der Waals surface area contributed by atoms with Crippen LogP contribution in [0.25, 0.3) is 0 Å². The molecule has 10 heteroatoms. The molecule has 3 rings (SSSR count). The summed E-state index contributed by atoms with van der Waals surface area (Å²) in [5, 5.41) is 11.8. The number of hydrogen-bond donors (Lipinski definition) is 1. The average Bonchev–Trinajstić information content (AvgIpc) is 3.16. The van der Waals surface area contributed by atoms with E-state index in [4.69, 9.17) is 4.74 Å². The molecule has 34 heavy (non-hydrogen) atoms. The molecule has 1 atom stereocenters. The van der Waals surface area contributed by atoms with E-state index in [1.807, 2.05) is 12.1 Å². The Morgan fingerprint density at radius 3 is 2.21 bits per heavy atom. The summed E-state index contributed by atoms with van der Waals surface area (Å²) >= 11 is 0. The Hall–Kier alpha value is -4.08. The van der Waals surface area contributed by atoms with Crippen LogP contribution in [0, 0.1) is 16.0 Å². The molecule has 0 spiro atoms. The van der Waals surface area contributed by atoms with Gasteiger partial charge in [-0.1, -0.05) is 32.9 Å². The third-order valence-corrected chi connectivity index (χ3v) is 5.45. The van der Waals surface area contributed by atoms with Gasteiger partial charge in [0.05, 0.1) is 17.4 Å². The van der Waals surface area contributed by atoms with Crippen LogP contribution in [0.4, 0.5) is 5.69 Å². The number of non-ortho nitro benzene ring substituents is 1. The topological polar surface area (TPSA) is 136 Å². The molecule has 1 N–H and O–H groups in total. The summed E-state index contributed by atoms with van der Waals surface area (Å²) < 4.78 is 5.04. The van der Waals surface area contributed by atoms with Gasteiger partial charge in [0.1, 0.15) is 0 Å². The summed E-state index contributed by atoms with van der Waals surface area (Å²) in [5.74, 6) is -3.02. The largest absolute Gasteiger partial charge is 0.457 e. The van der Waals surface area contributed by atoms with Crippen molar-refractivity contribution in [1.82, 2.24) is 10.4 Å². The highest BCUT2D eigenvalue weighted by Gasteiger charge is 2.36. The number of esters is 1. The summed E-state index contributed by atoms with van der Waals surface area (Å²) in [6.45, 7) is 5.54. The zero-order valence-corrected chi connectivity index (χ0v) is 19.1. The van der Waals surface area contributed by atoms with Crippen molar-refractivity contribution in [3.8, 4) is 0 Å². The molecule has 2 amide bonds. The van der Waals surface area contributed by atoms with E-state index in [1.165, 1.54) is 24.3 Å². The van der Waals surface area contributed by atoms with Gasteiger partial charge in [-0.15, -0.1) is 0 Å². The van der Waals surface area contributed by atoms with Gasteiger partial charge in [-0.3, -0.25) is 39.7 Å². The van der Waals surface area contributed by atoms with E-state index < -0.39 is 41.0 Å². The molecule has 2 aromatic rings. The molecule has 2 aromatic carbocycles. The predicted molar refractivity (Wildman–Crippen MR) is 121 cm³/mol. The smallest absolute Gasteiger partial charge is 0.311 e. The highest BCUT2D eigenvalue weighted by Crippen LogP contribution is 2.23. The quantitative estimate of drug-likeness (QED) is 0.286. The van der Waals surface area contributed by atoms with Crippen LogP contribution in [-0.2, 0) is 19.7 Å². The summed E-state index contributed by atoms with van der Waals surface area (Å²) in [5.41, 5.74) is 3.88. The minimum absolute atomic E-state index is 0.0621. The lowest BCUT2D eigenvalue weighted by molar-refractivity contribution is -0.384. The maximum Gasteiger partial charge on any atom is 0.311 e. The number of amides is 2. The van der Waals surface area contributed by atoms with Gasteiger partial charge in [-0.25, -0.2) is 0 Å². The second kappa shape index (κ2) is 9.82. The zero-order chi connectivity index (χ0) is 25.0. The van der Waals surface area contributed by atoms with Gasteiger partial charge in [0.2, 0.25) is 5.91 Å². The number of rotatable bonds is 7. The number of hydrazine groups is 1. The number of nitrogens with one attached hydrogen (secondary N) is 1. The molecule has 1 heterocycles. The van der Waals surface area contributed by atoms with Crippen molar-refractivity contribution >= 4 is 29.3 Å². The molecule has 1 aliphatic rings. The summed E-state index contributed by atoms with van der Waals surface area (Å²) in [6, 6.07) is 12.0. The van der Waals surface area contributed by atoms with E-state index in [0.29, 0.717) is 5.56 Å². The van der Waals surface area contributed by atoms with Crippen LogP contribution in [0.15, 0.2) is 48.5 Å². The van der Waals surface area contributed by atoms with Crippen molar-refractivity contribution in [3.63, 3.8) is 0 Å². The number of nitro benzene ring substituents is 1. The predicted octanol–water partition coefficient (Wildman–Crippen LogP) is 2.81. The molecule has 0 aromatic heterocycles. The van der Waals surface area contributed by atoms with Crippen LogP contribution >= 0.6 is 0 Å². The van der Waals surface area contributed by atoms with Crippen molar-refractivity contribution in [3.05, 3.63) is 75.3 Å². The van der Waals surface area contributed by atoms with Crippen molar-refractivity contribution in [2.45, 2.75) is 32.6 Å². The van der Waals surface area contributed by atoms with Gasteiger partial charge in [-0.2, -0.15) is 0 Å². The number of carbonyl (C=O) groups excluding carboxylic acids is 4. The number of benzene rings is 2. The highest BCUT2D eigenvalue weighted by atomic mass is 16.6. The molecule has 1 fully saturated rings. The molecule has 178 valence electrons. The molecule has 0 aliphatic carbocycles. The first-order chi connectivity index (χ1) is 16.0. The number of ether oxygens (including phenoxy) is 1. The highest BCUT2D eigenvalue weighted by molar-refractivity contribution is 5.99. The summed E-state index contributed by atoms with van der Waals surface area (Å²) in [7, 11) is 0. The van der Waals surface area contributed by atoms with Gasteiger partial charge in [0.25, 0.3) is 11.6 Å². The lowest BCUT2D eigenvalue weighted by atomic mass is 9.87. The number of ketones is 1. The Bertz CT molecular complexity index is 1120. The second-order valence-electron chi connectivity index (χ2n) is 9.01. The lowest BCUT2D eigenvalue weighted by Gasteiger charge is -2.20. The van der Waals surface area contributed by atoms with Gasteiger partial charge < -0.3 is 4.74 Å². The molecule has 0 saturated carbocycles. The maximum atomic E-state index is 12.5. The van der Waals surface area contributed by atoms with Crippen molar-refractivity contribution < 1.29 is 28.8 Å². The van der Waals surface area contributed by atoms with E-state index in [0.717, 1.165) is 10.6 Å². The fourth-order valence-corrected chi connectivity index (χ4v) is 3.39. The Balaban J connectivity index is 1.52. The van der Waals surface area contributed by atoms with Gasteiger partial charge >= 0.3 is 5.97 Å². The summed E-state index contributed by atoms with van der Waals surface area (Å²) in [4.78, 5) is 59.4. The number of nitro groups is 1. The average molecular weight is 467 g/mol. The minimum Gasteiger partial charge on any atom is -0.457 e. The van der Waals surface area contributed by atoms with E-state index in [-0.39, 0.29) is 29.6 Å². The summed E-state index contributed by atoms with van der Waals surface area (Å²) in [6.07, 6.45) is -0.159. The third kappa shape index (κ3) is 5.83. The first kappa shape index (κ1) is 24.6. The number of nitrogens with zero attached hydrogens (tertiary/aromatic N) is 2. The monoisotopic (exact) mass is 467 g/mol. The fraction of sp³-hybridized carbons (Fsp3) is 0.333. The van der Waals surface area contributed by atoms with Crippen LogP contribution < -0.4 is 5.43 Å². The van der Waals surface area contributed by atoms with Gasteiger partial charge in [0, 0.05) is 29.7 Å². The first-order valence-electron chi connectivity index (χ1n) is 10.6. The number of carbonyl (C=O) groups is 4. The molecule has 0 radical (unpaired) electrons. The molecule has 1 aliphatic heterocycles. The van der Waals surface area contributed by atoms with Crippen molar-refractivity contribution in [1.29, 1.82) is 0 Å². The molecule has 0 bridgehead atoms. The lowest BCUT2D eigenvalue weighted by Crippen LogP contribution is -2.43. The van der Waals surface area contributed by atoms with Crippen molar-refractivity contribution in [2.24, 2.45) is 5.92 Å². The molecule has 1 saturated heterocycles. The van der Waals surface area contributed by atoms with E-state index in [2.05, 4.69) is 26.2 Å². The van der Waals surface area contributed by atoms with Gasteiger partial charge in [-0.05, 0) is 35.2 Å². The fourth-order valence-electron chi connectivity index (χ4n) is 3.39. The minimum atomic E-state index is -0.833. The van der Waals surface area contributed by atoms with Crippen LogP contribution in [0.3, 0.4) is 0 Å². The molecular weight excluding hydrogens is 442 g/mol. The normalized spacial score (nSPS) is 15.7. The first-order valence-corrected chi connectivity index (χ1v) is 10.6. The van der Waals surface area contributed by atoms with E-state index >= 15 is 0 Å². The number of hydrogen-bond acceptors (Lipinski definition) is 7. The zero-order valence-electron chi connectivity index (χ0n) is 19.1. The Kier molecular flexibility index (Phi) is 7.09. The Labute approximate surface area is 196 Å². The Morgan fingerprint density at radius 1 is 1.06 bits per heavy atom. The molecule has 0 unspecified atom stereocenters. The SMILES string of the molecule is CC(C)(C)c1ccc(C(=O)NN2C[C@@H](C(=O)OCC(=O)c3ccc([N+](=O)[O-])cc3)CC2=O)cc1. The van der Waals surface area contributed by atoms with Crippen molar-refractivity contribution in [2.75, 3.05) is 13.2 Å². The third-order valence-electron chi connectivity index (χ3n) is 5.45. The standard InChI is InChI=1S/C24H25N3O7/c1-24(2,3)18-8-4-16(5-9-18)22(30)25-26-13-17(12-21(26)29)23(31)34-14-20(28)15-6-10-19(11-7-15)27(32)33/h4-11,17H,12-14H2,1-3H3,(H,25,30)/t17-/m0/s1. The maximum absolute atomic E-state index is 12.5. The van der Waals surface area contributed by atoms with E-state index in [1.54, 1.807) is 12.1 Å². The van der Waals surface area contributed by atoms with Gasteiger partial charge in [0.15, 0.2) is 12.4 Å². The number of Topliss-reactive ketones (excluding diaryl/α,β-unsaturated/α-hetero) is 1. The Morgan fingerprint density at radius 2 is 1.65 bits per heavy atom. The second-order valence-corrected chi connectivity index (χ2v) is 9.01. The van der Waals surface area contributed by atoms with E-state index in [9.17, 15) is 29.3 Å². The van der Waals surface area contributed by atoms with Crippen LogP contribution in [0.2, 0.25) is 0 Å². The van der Waals surface area contributed by atoms with Crippen LogP contribution in [0.1, 0.15) is 53.5 Å². The molecule has 10 nitrogen and oxygen atoms in total. The van der Waals surface area contributed by atoms with Crippen LogP contribution in [0.5, 0.6) is 0 Å².